The average molecular weight is 159 g/mol. The van der Waals surface area contributed by atoms with Gasteiger partial charge in [0.1, 0.15) is 0 Å². The maximum atomic E-state index is 10.8. The summed E-state index contributed by atoms with van der Waals surface area (Å²) in [6, 6.07) is 0. The van der Waals surface area contributed by atoms with Crippen molar-refractivity contribution in [2.45, 2.75) is 19.1 Å². The Hall–Kier alpha value is -1.10. The van der Waals surface area contributed by atoms with Crippen LogP contribution in [0.2, 0.25) is 0 Å². The van der Waals surface area contributed by atoms with Gasteiger partial charge in [-0.25, -0.2) is 4.79 Å². The Morgan fingerprint density at radius 3 is 2.55 bits per heavy atom. The standard InChI is InChI=1S/C6H9NO4/c1-2-10-6(9)4-3(11-4)5(7)8/h3-4H,2H2,1H3,(H2,7,8)/t3-,4-/m1/s1. The highest BCUT2D eigenvalue weighted by Crippen LogP contribution is 2.22. The zero-order valence-corrected chi connectivity index (χ0v) is 6.07. The summed E-state index contributed by atoms with van der Waals surface area (Å²) in [7, 11) is 0. The van der Waals surface area contributed by atoms with E-state index >= 15 is 0 Å². The summed E-state index contributed by atoms with van der Waals surface area (Å²) in [4.78, 5) is 21.1. The van der Waals surface area contributed by atoms with Crippen LogP contribution in [0, 0.1) is 0 Å². The second-order valence-corrected chi connectivity index (χ2v) is 2.13. The quantitative estimate of drug-likeness (QED) is 0.414. The van der Waals surface area contributed by atoms with E-state index in [-0.39, 0.29) is 6.61 Å². The number of hydrogen-bond acceptors (Lipinski definition) is 4. The van der Waals surface area contributed by atoms with E-state index in [0.29, 0.717) is 0 Å². The predicted octanol–water partition coefficient (Wildman–Crippen LogP) is -1.20. The molecule has 2 N–H and O–H groups in total. The van der Waals surface area contributed by atoms with Crippen molar-refractivity contribution in [2.75, 3.05) is 6.61 Å². The van der Waals surface area contributed by atoms with Gasteiger partial charge in [0.2, 0.25) is 5.91 Å². The van der Waals surface area contributed by atoms with Crippen molar-refractivity contribution in [1.82, 2.24) is 0 Å². The normalized spacial score (nSPS) is 27.7. The lowest BCUT2D eigenvalue weighted by Crippen LogP contribution is -2.24. The molecular formula is C6H9NO4. The van der Waals surface area contributed by atoms with Crippen LogP contribution in [0.5, 0.6) is 0 Å². The summed E-state index contributed by atoms with van der Waals surface area (Å²) in [5.41, 5.74) is 4.85. The van der Waals surface area contributed by atoms with E-state index < -0.39 is 24.1 Å². The van der Waals surface area contributed by atoms with Crippen molar-refractivity contribution in [3.8, 4) is 0 Å². The minimum absolute atomic E-state index is 0.282. The van der Waals surface area contributed by atoms with Crippen LogP contribution in [-0.4, -0.2) is 30.7 Å². The molecule has 0 aromatic heterocycles. The first kappa shape index (κ1) is 8.00. The number of hydrogen-bond donors (Lipinski definition) is 1. The molecule has 1 amide bonds. The summed E-state index contributed by atoms with van der Waals surface area (Å²) in [6.45, 7) is 1.96. The fourth-order valence-corrected chi connectivity index (χ4v) is 0.732. The summed E-state index contributed by atoms with van der Waals surface area (Å²) in [5, 5.41) is 0. The Balaban J connectivity index is 2.32. The van der Waals surface area contributed by atoms with Crippen LogP contribution in [0.15, 0.2) is 0 Å². The van der Waals surface area contributed by atoms with Gasteiger partial charge in [-0.15, -0.1) is 0 Å². The number of primary amides is 1. The molecule has 1 rings (SSSR count). The number of carbonyl (C=O) groups excluding carboxylic acids is 2. The second-order valence-electron chi connectivity index (χ2n) is 2.13. The van der Waals surface area contributed by atoms with Crippen LogP contribution in [0.1, 0.15) is 6.92 Å². The van der Waals surface area contributed by atoms with Crippen LogP contribution in [0.25, 0.3) is 0 Å². The van der Waals surface area contributed by atoms with E-state index in [1.165, 1.54) is 0 Å². The van der Waals surface area contributed by atoms with Crippen LogP contribution in [0.4, 0.5) is 0 Å². The van der Waals surface area contributed by atoms with Crippen molar-refractivity contribution in [1.29, 1.82) is 0 Å². The summed E-state index contributed by atoms with van der Waals surface area (Å²) in [6.07, 6.45) is -1.53. The lowest BCUT2D eigenvalue weighted by atomic mass is 10.3. The maximum Gasteiger partial charge on any atom is 0.338 e. The third-order valence-electron chi connectivity index (χ3n) is 1.29. The van der Waals surface area contributed by atoms with Gasteiger partial charge in [0.25, 0.3) is 0 Å². The number of rotatable bonds is 3. The largest absolute Gasteiger partial charge is 0.464 e. The van der Waals surface area contributed by atoms with Gasteiger partial charge in [0.05, 0.1) is 6.61 Å². The first-order valence-electron chi connectivity index (χ1n) is 3.28. The Kier molecular flexibility index (Phi) is 2.09. The summed E-state index contributed by atoms with van der Waals surface area (Å²) >= 11 is 0. The highest BCUT2D eigenvalue weighted by molar-refractivity contribution is 5.91. The molecule has 0 aromatic carbocycles. The Labute approximate surface area is 63.4 Å². The molecule has 11 heavy (non-hydrogen) atoms. The molecule has 0 saturated carbocycles. The minimum Gasteiger partial charge on any atom is -0.464 e. The molecule has 0 spiro atoms. The molecule has 0 aliphatic carbocycles. The molecule has 1 fully saturated rings. The van der Waals surface area contributed by atoms with Gasteiger partial charge in [-0.05, 0) is 6.92 Å². The van der Waals surface area contributed by atoms with Crippen molar-refractivity contribution >= 4 is 11.9 Å². The molecule has 62 valence electrons. The molecule has 1 aliphatic heterocycles. The van der Waals surface area contributed by atoms with Crippen molar-refractivity contribution in [2.24, 2.45) is 5.73 Å². The Morgan fingerprint density at radius 1 is 1.55 bits per heavy atom. The Morgan fingerprint density at radius 2 is 2.18 bits per heavy atom. The molecule has 0 bridgehead atoms. The van der Waals surface area contributed by atoms with E-state index in [2.05, 4.69) is 9.47 Å². The van der Waals surface area contributed by atoms with E-state index in [1.807, 2.05) is 0 Å². The topological polar surface area (TPSA) is 81.9 Å². The fraction of sp³-hybridized carbons (Fsp3) is 0.667. The van der Waals surface area contributed by atoms with E-state index in [4.69, 9.17) is 5.73 Å². The lowest BCUT2D eigenvalue weighted by molar-refractivity contribution is -0.144. The molecular weight excluding hydrogens is 150 g/mol. The number of amides is 1. The number of ether oxygens (including phenoxy) is 2. The van der Waals surface area contributed by atoms with Gasteiger partial charge in [0, 0.05) is 0 Å². The van der Waals surface area contributed by atoms with Crippen LogP contribution in [-0.2, 0) is 19.1 Å². The molecule has 0 radical (unpaired) electrons. The molecule has 1 aliphatic rings. The first-order valence-corrected chi connectivity index (χ1v) is 3.28. The van der Waals surface area contributed by atoms with E-state index in [0.717, 1.165) is 0 Å². The zero-order valence-electron chi connectivity index (χ0n) is 6.07. The van der Waals surface area contributed by atoms with Crippen molar-refractivity contribution in [3.63, 3.8) is 0 Å². The molecule has 0 unspecified atom stereocenters. The predicted molar refractivity (Wildman–Crippen MR) is 34.5 cm³/mol. The van der Waals surface area contributed by atoms with Crippen LogP contribution >= 0.6 is 0 Å². The smallest absolute Gasteiger partial charge is 0.338 e. The van der Waals surface area contributed by atoms with Crippen LogP contribution in [0.3, 0.4) is 0 Å². The van der Waals surface area contributed by atoms with Gasteiger partial charge >= 0.3 is 5.97 Å². The third-order valence-corrected chi connectivity index (χ3v) is 1.29. The molecule has 1 heterocycles. The average Bonchev–Trinajstić information content (AvgIpc) is 2.65. The molecule has 5 nitrogen and oxygen atoms in total. The monoisotopic (exact) mass is 159 g/mol. The lowest BCUT2D eigenvalue weighted by Gasteiger charge is -1.94. The van der Waals surface area contributed by atoms with Crippen LogP contribution < -0.4 is 5.73 Å². The van der Waals surface area contributed by atoms with E-state index in [9.17, 15) is 9.59 Å². The minimum atomic E-state index is -0.769. The third kappa shape index (κ3) is 1.68. The number of esters is 1. The highest BCUT2D eigenvalue weighted by atomic mass is 16.6. The zero-order chi connectivity index (χ0) is 8.43. The Bertz CT molecular complexity index is 191. The molecule has 2 atom stereocenters. The second kappa shape index (κ2) is 2.87. The first-order chi connectivity index (χ1) is 5.16. The molecule has 1 saturated heterocycles. The van der Waals surface area contributed by atoms with Gasteiger partial charge in [-0.2, -0.15) is 0 Å². The van der Waals surface area contributed by atoms with Gasteiger partial charge in [0.15, 0.2) is 12.2 Å². The maximum absolute atomic E-state index is 10.8. The fourth-order valence-electron chi connectivity index (χ4n) is 0.732. The SMILES string of the molecule is CCOC(=O)[C@@H]1O[C@H]1C(N)=O. The van der Waals surface area contributed by atoms with E-state index in [1.54, 1.807) is 6.92 Å². The summed E-state index contributed by atoms with van der Waals surface area (Å²) < 4.78 is 9.22. The van der Waals surface area contributed by atoms with Gasteiger partial charge < -0.3 is 15.2 Å². The number of epoxide rings is 1. The number of nitrogens with two attached hydrogens (primary N) is 1. The number of carbonyl (C=O) groups is 2. The summed E-state index contributed by atoms with van der Waals surface area (Å²) in [5.74, 6) is -1.14. The van der Waals surface area contributed by atoms with Gasteiger partial charge in [-0.3, -0.25) is 4.79 Å². The van der Waals surface area contributed by atoms with Crippen molar-refractivity contribution < 1.29 is 19.1 Å². The highest BCUT2D eigenvalue weighted by Gasteiger charge is 2.50. The molecule has 5 heteroatoms. The molecule has 0 aromatic rings. The van der Waals surface area contributed by atoms with Gasteiger partial charge in [-0.1, -0.05) is 0 Å². The van der Waals surface area contributed by atoms with Crippen molar-refractivity contribution in [3.05, 3.63) is 0 Å².